The summed E-state index contributed by atoms with van der Waals surface area (Å²) in [5.41, 5.74) is 2.72. The van der Waals surface area contributed by atoms with Gasteiger partial charge in [-0.2, -0.15) is 5.10 Å². The van der Waals surface area contributed by atoms with E-state index >= 15 is 0 Å². The van der Waals surface area contributed by atoms with Gasteiger partial charge in [0, 0.05) is 39.4 Å². The molecular weight excluding hydrogens is 425 g/mol. The fourth-order valence-electron chi connectivity index (χ4n) is 3.45. The number of aryl methyl sites for hydroxylation is 1. The summed E-state index contributed by atoms with van der Waals surface area (Å²) in [5, 5.41) is 8.54. The minimum Gasteiger partial charge on any atom is -0.379 e. The second-order valence-electron chi connectivity index (χ2n) is 7.14. The second kappa shape index (κ2) is 9.22. The smallest absolute Gasteiger partial charge is 0.270 e. The van der Waals surface area contributed by atoms with Gasteiger partial charge < -0.3 is 14.6 Å². The SMILES string of the molecule is Cn1cccc1-c1cc(C(=O)NCCN2CCOCC2)n(-c2ccc(Cl)c(Cl)c2)n1. The molecule has 4 rings (SSSR count). The molecule has 0 saturated carbocycles. The van der Waals surface area contributed by atoms with Crippen LogP contribution in [0.5, 0.6) is 0 Å². The molecule has 3 aromatic rings. The third kappa shape index (κ3) is 4.54. The van der Waals surface area contributed by atoms with Crippen molar-refractivity contribution in [3.8, 4) is 17.1 Å². The van der Waals surface area contributed by atoms with Gasteiger partial charge in [0.25, 0.3) is 5.91 Å². The number of nitrogens with one attached hydrogen (secondary N) is 1. The molecule has 9 heteroatoms. The zero-order chi connectivity index (χ0) is 21.1. The molecule has 1 saturated heterocycles. The average Bonchev–Trinajstić information content (AvgIpc) is 3.37. The Morgan fingerprint density at radius 3 is 2.67 bits per heavy atom. The highest BCUT2D eigenvalue weighted by molar-refractivity contribution is 6.42. The predicted molar refractivity (Wildman–Crippen MR) is 118 cm³/mol. The molecule has 0 aliphatic carbocycles. The van der Waals surface area contributed by atoms with Crippen molar-refractivity contribution in [3.63, 3.8) is 0 Å². The molecule has 1 amide bonds. The van der Waals surface area contributed by atoms with Crippen molar-refractivity contribution >= 4 is 29.1 Å². The van der Waals surface area contributed by atoms with Gasteiger partial charge in [0.15, 0.2) is 0 Å². The van der Waals surface area contributed by atoms with Crippen molar-refractivity contribution < 1.29 is 9.53 Å². The maximum Gasteiger partial charge on any atom is 0.270 e. The fourth-order valence-corrected chi connectivity index (χ4v) is 3.74. The molecule has 1 N–H and O–H groups in total. The van der Waals surface area contributed by atoms with Gasteiger partial charge in [-0.05, 0) is 36.4 Å². The topological polar surface area (TPSA) is 64.3 Å². The number of carbonyl (C=O) groups excluding carboxylic acids is 1. The van der Waals surface area contributed by atoms with E-state index in [4.69, 9.17) is 27.9 Å². The first-order valence-corrected chi connectivity index (χ1v) is 10.5. The molecule has 0 spiro atoms. The number of benzene rings is 1. The van der Waals surface area contributed by atoms with Crippen LogP contribution < -0.4 is 5.32 Å². The molecule has 1 aromatic carbocycles. The first-order chi connectivity index (χ1) is 14.5. The molecule has 2 aromatic heterocycles. The molecule has 0 atom stereocenters. The van der Waals surface area contributed by atoms with Gasteiger partial charge in [0.1, 0.15) is 11.4 Å². The Hall–Kier alpha value is -2.32. The number of nitrogens with zero attached hydrogens (tertiary/aromatic N) is 4. The quantitative estimate of drug-likeness (QED) is 0.629. The number of carbonyl (C=O) groups is 1. The van der Waals surface area contributed by atoms with Crippen LogP contribution in [0.4, 0.5) is 0 Å². The highest BCUT2D eigenvalue weighted by Crippen LogP contribution is 2.27. The average molecular weight is 448 g/mol. The molecule has 0 unspecified atom stereocenters. The molecule has 1 aliphatic heterocycles. The molecule has 7 nitrogen and oxygen atoms in total. The summed E-state index contributed by atoms with van der Waals surface area (Å²) >= 11 is 12.3. The summed E-state index contributed by atoms with van der Waals surface area (Å²) in [4.78, 5) is 15.3. The van der Waals surface area contributed by atoms with E-state index in [0.29, 0.717) is 33.7 Å². The Morgan fingerprint density at radius 2 is 1.97 bits per heavy atom. The number of halogens is 2. The van der Waals surface area contributed by atoms with Crippen molar-refractivity contribution in [2.24, 2.45) is 7.05 Å². The third-order valence-electron chi connectivity index (χ3n) is 5.11. The minimum atomic E-state index is -0.192. The number of rotatable bonds is 6. The van der Waals surface area contributed by atoms with Gasteiger partial charge in [0.05, 0.1) is 34.6 Å². The Labute approximate surface area is 185 Å². The van der Waals surface area contributed by atoms with Gasteiger partial charge in [0.2, 0.25) is 0 Å². The first-order valence-electron chi connectivity index (χ1n) is 9.78. The van der Waals surface area contributed by atoms with Gasteiger partial charge in [-0.25, -0.2) is 4.68 Å². The van der Waals surface area contributed by atoms with Crippen molar-refractivity contribution in [1.82, 2.24) is 24.6 Å². The number of aromatic nitrogens is 3. The summed E-state index contributed by atoms with van der Waals surface area (Å²) in [6, 6.07) is 10.9. The zero-order valence-corrected chi connectivity index (χ0v) is 18.2. The third-order valence-corrected chi connectivity index (χ3v) is 5.85. The Bertz CT molecular complexity index is 1040. The van der Waals surface area contributed by atoms with E-state index in [-0.39, 0.29) is 5.91 Å². The summed E-state index contributed by atoms with van der Waals surface area (Å²) in [5.74, 6) is -0.192. The van der Waals surface area contributed by atoms with E-state index in [1.165, 1.54) is 0 Å². The van der Waals surface area contributed by atoms with Gasteiger partial charge in [-0.1, -0.05) is 23.2 Å². The number of morpholine rings is 1. The Morgan fingerprint density at radius 1 is 1.17 bits per heavy atom. The molecule has 3 heterocycles. The maximum absolute atomic E-state index is 13.0. The highest BCUT2D eigenvalue weighted by atomic mass is 35.5. The van der Waals surface area contributed by atoms with Crippen LogP contribution in [0.15, 0.2) is 42.6 Å². The summed E-state index contributed by atoms with van der Waals surface area (Å²) in [6.45, 7) is 4.56. The highest BCUT2D eigenvalue weighted by Gasteiger charge is 2.19. The van der Waals surface area contributed by atoms with Crippen LogP contribution in [-0.2, 0) is 11.8 Å². The zero-order valence-electron chi connectivity index (χ0n) is 16.6. The van der Waals surface area contributed by atoms with Crippen LogP contribution in [0, 0.1) is 0 Å². The van der Waals surface area contributed by atoms with E-state index in [0.717, 1.165) is 38.5 Å². The number of hydrogen-bond acceptors (Lipinski definition) is 4. The van der Waals surface area contributed by atoms with Crippen LogP contribution in [-0.4, -0.2) is 64.5 Å². The summed E-state index contributed by atoms with van der Waals surface area (Å²) < 4.78 is 8.93. The number of hydrogen-bond donors (Lipinski definition) is 1. The molecule has 1 fully saturated rings. The van der Waals surface area contributed by atoms with Gasteiger partial charge >= 0.3 is 0 Å². The van der Waals surface area contributed by atoms with Crippen LogP contribution in [0.2, 0.25) is 10.0 Å². The molecular formula is C21H23Cl2N5O2. The summed E-state index contributed by atoms with van der Waals surface area (Å²) in [6.07, 6.45) is 1.94. The van der Waals surface area contributed by atoms with E-state index < -0.39 is 0 Å². The monoisotopic (exact) mass is 447 g/mol. The molecule has 30 heavy (non-hydrogen) atoms. The first kappa shape index (κ1) is 20.9. The lowest BCUT2D eigenvalue weighted by Gasteiger charge is -2.26. The Balaban J connectivity index is 1.59. The van der Waals surface area contributed by atoms with Crippen molar-refractivity contribution in [3.05, 3.63) is 58.3 Å². The lowest BCUT2D eigenvalue weighted by molar-refractivity contribution is 0.0383. The molecule has 1 aliphatic rings. The second-order valence-corrected chi connectivity index (χ2v) is 7.95. The summed E-state index contributed by atoms with van der Waals surface area (Å²) in [7, 11) is 1.94. The lowest BCUT2D eigenvalue weighted by atomic mass is 10.2. The van der Waals surface area contributed by atoms with E-state index in [2.05, 4.69) is 15.3 Å². The number of amides is 1. The Kier molecular flexibility index (Phi) is 6.43. The predicted octanol–water partition coefficient (Wildman–Crippen LogP) is 3.25. The fraction of sp³-hybridized carbons (Fsp3) is 0.333. The van der Waals surface area contributed by atoms with E-state index in [1.807, 2.05) is 29.9 Å². The largest absolute Gasteiger partial charge is 0.379 e. The van der Waals surface area contributed by atoms with Gasteiger partial charge in [-0.15, -0.1) is 0 Å². The standard InChI is InChI=1S/C21H23Cl2N5O2/c1-26-7-2-3-19(26)18-14-20(21(29)24-6-8-27-9-11-30-12-10-27)28(25-18)15-4-5-16(22)17(23)13-15/h2-5,7,13-14H,6,8-12H2,1H3,(H,24,29). The van der Waals surface area contributed by atoms with Crippen LogP contribution in [0.1, 0.15) is 10.5 Å². The van der Waals surface area contributed by atoms with Crippen LogP contribution in [0.3, 0.4) is 0 Å². The molecule has 0 bridgehead atoms. The minimum absolute atomic E-state index is 0.192. The van der Waals surface area contributed by atoms with Crippen molar-refractivity contribution in [1.29, 1.82) is 0 Å². The maximum atomic E-state index is 13.0. The normalized spacial score (nSPS) is 14.8. The lowest BCUT2D eigenvalue weighted by Crippen LogP contribution is -2.41. The molecule has 158 valence electrons. The van der Waals surface area contributed by atoms with Crippen molar-refractivity contribution in [2.75, 3.05) is 39.4 Å². The van der Waals surface area contributed by atoms with Crippen LogP contribution in [0.25, 0.3) is 17.1 Å². The van der Waals surface area contributed by atoms with E-state index in [9.17, 15) is 4.79 Å². The number of ether oxygens (including phenoxy) is 1. The van der Waals surface area contributed by atoms with Crippen LogP contribution >= 0.6 is 23.2 Å². The van der Waals surface area contributed by atoms with Gasteiger partial charge in [-0.3, -0.25) is 9.69 Å². The van der Waals surface area contributed by atoms with E-state index in [1.54, 1.807) is 28.9 Å². The van der Waals surface area contributed by atoms with Crippen molar-refractivity contribution in [2.45, 2.75) is 0 Å². The molecule has 0 radical (unpaired) electrons.